The van der Waals surface area contributed by atoms with Gasteiger partial charge in [0.25, 0.3) is 0 Å². The maximum Gasteiger partial charge on any atom is 0.320 e. The second-order valence-electron chi connectivity index (χ2n) is 11.7. The zero-order valence-electron chi connectivity index (χ0n) is 30.7. The third-order valence-electron chi connectivity index (χ3n) is 6.50. The number of H-pyrrole nitrogens is 1. The molecule has 22 heteroatoms. The number of nitrogens with one attached hydrogen (secondary N) is 3. The second-order valence-corrected chi connectivity index (χ2v) is 11.7. The number of hydrogen-bond donors (Lipinski definition) is 16. The van der Waals surface area contributed by atoms with Gasteiger partial charge in [-0.3, -0.25) is 29.4 Å². The molecule has 0 aliphatic rings. The standard InChI is InChI=1S/C6H14N4O2.C6H9N3O2.C6H14N2O2.2C6H13NO2.H3N/c7-4(5(11)12)2-1-3-10-6(8)9;7-5(6(10)11)1-4-2-8-3-9-4;7-4-2-1-3-5(8)6(9)10;1-4(2)3-5(7)6(8)9;1-3-4(2)5(7)6(8)9;/h4H,1-3,7H2,(H,11,12)(H4,8,9,10);2-3,5H,1,7H2,(H,8,9)(H,10,11);5H,1-4,7-8H2,(H,9,10);2*4-5H,3,7H2,1-2H3,(H,8,9);1H3. The number of carboxylic acid groups (broad SMARTS) is 5. The summed E-state index contributed by atoms with van der Waals surface area (Å²) >= 11 is 0. The highest BCUT2D eigenvalue weighted by Crippen LogP contribution is 2.04. The van der Waals surface area contributed by atoms with Crippen LogP contribution in [0.4, 0.5) is 0 Å². The lowest BCUT2D eigenvalue weighted by atomic mass is 10.0. The van der Waals surface area contributed by atoms with Gasteiger partial charge in [0, 0.05) is 19.2 Å². The summed E-state index contributed by atoms with van der Waals surface area (Å²) in [5, 5.41) is 51.1. The minimum atomic E-state index is -1.01. The Morgan fingerprint density at radius 2 is 1.25 bits per heavy atom. The van der Waals surface area contributed by atoms with E-state index in [2.05, 4.69) is 15.3 Å². The van der Waals surface area contributed by atoms with Crippen molar-refractivity contribution < 1.29 is 49.5 Å². The minimum absolute atomic E-state index is 0. The number of nitrogens with zero attached hydrogens (tertiary/aromatic N) is 1. The fourth-order valence-electron chi connectivity index (χ4n) is 3.12. The van der Waals surface area contributed by atoms with E-state index in [4.69, 9.17) is 71.1 Å². The molecule has 0 aliphatic heterocycles. The van der Waals surface area contributed by atoms with E-state index in [0.29, 0.717) is 50.4 Å². The highest BCUT2D eigenvalue weighted by Gasteiger charge is 2.17. The molecule has 25 N–H and O–H groups in total. The van der Waals surface area contributed by atoms with Gasteiger partial charge < -0.3 is 82.1 Å². The van der Waals surface area contributed by atoms with Crippen LogP contribution in [-0.2, 0) is 30.4 Å². The number of hydrogen-bond acceptors (Lipinski definition) is 14. The predicted octanol–water partition coefficient (Wildman–Crippen LogP) is -1.40. The summed E-state index contributed by atoms with van der Waals surface area (Å²) in [4.78, 5) is 57.5. The van der Waals surface area contributed by atoms with E-state index in [1.54, 1.807) is 6.20 Å². The first-order valence-corrected chi connectivity index (χ1v) is 16.2. The molecule has 306 valence electrons. The molecular formula is C30H66N12O10. The maximum atomic E-state index is 10.3. The first kappa shape index (κ1) is 56.9. The number of unbranched alkanes of at least 4 members (excludes halogenated alkanes) is 1. The van der Waals surface area contributed by atoms with E-state index >= 15 is 0 Å². The van der Waals surface area contributed by atoms with Crippen molar-refractivity contribution in [2.45, 2.75) is 109 Å². The Morgan fingerprint density at radius 1 is 0.788 bits per heavy atom. The number of rotatable bonds is 19. The van der Waals surface area contributed by atoms with E-state index in [9.17, 15) is 24.0 Å². The van der Waals surface area contributed by atoms with Gasteiger partial charge in [0.05, 0.1) is 12.0 Å². The molecule has 22 nitrogen and oxygen atoms in total. The highest BCUT2D eigenvalue weighted by molar-refractivity contribution is 5.75. The maximum absolute atomic E-state index is 10.3. The molecule has 1 rings (SSSR count). The minimum Gasteiger partial charge on any atom is -0.480 e. The Balaban J connectivity index is -0.000000177. The fourth-order valence-corrected chi connectivity index (χ4v) is 3.12. The average Bonchev–Trinajstić information content (AvgIpc) is 3.56. The first-order chi connectivity index (χ1) is 23.5. The summed E-state index contributed by atoms with van der Waals surface area (Å²) in [5.74, 6) is -4.45. The lowest BCUT2D eigenvalue weighted by molar-refractivity contribution is -0.140. The van der Waals surface area contributed by atoms with Gasteiger partial charge in [-0.15, -0.1) is 0 Å². The Hall–Kier alpha value is -4.45. The molecule has 0 saturated carbocycles. The number of carboxylic acids is 5. The molecule has 0 radical (unpaired) electrons. The molecule has 0 amide bonds. The second kappa shape index (κ2) is 35.0. The summed E-state index contributed by atoms with van der Waals surface area (Å²) < 4.78 is 0. The third kappa shape index (κ3) is 38.4. The van der Waals surface area contributed by atoms with E-state index in [1.807, 2.05) is 27.7 Å². The Morgan fingerprint density at radius 3 is 1.54 bits per heavy atom. The van der Waals surface area contributed by atoms with E-state index in [0.717, 1.165) is 19.3 Å². The monoisotopic (exact) mass is 755 g/mol. The number of aliphatic carboxylic acids is 5. The van der Waals surface area contributed by atoms with Crippen molar-refractivity contribution in [3.8, 4) is 0 Å². The van der Waals surface area contributed by atoms with Gasteiger partial charge in [-0.25, -0.2) is 4.98 Å². The SMILES string of the molecule is CC(C)CC(N)C(=O)O.CCC(C)C(N)C(=O)O.N.N=C(N)NCCCC(N)C(=O)O.NC(Cc1c[nH]cn1)C(=O)O.NCCCCC(N)C(=O)O. The van der Waals surface area contributed by atoms with Crippen LogP contribution in [0.15, 0.2) is 12.5 Å². The number of guanidine groups is 1. The van der Waals surface area contributed by atoms with Crippen LogP contribution in [0.25, 0.3) is 0 Å². The lowest BCUT2D eigenvalue weighted by Gasteiger charge is -2.11. The summed E-state index contributed by atoms with van der Waals surface area (Å²) in [5.41, 5.74) is 37.0. The van der Waals surface area contributed by atoms with Crippen molar-refractivity contribution in [1.82, 2.24) is 21.4 Å². The van der Waals surface area contributed by atoms with Crippen LogP contribution < -0.4 is 51.6 Å². The molecular weight excluding hydrogens is 688 g/mol. The molecule has 0 fully saturated rings. The van der Waals surface area contributed by atoms with Crippen LogP contribution in [0.3, 0.4) is 0 Å². The van der Waals surface area contributed by atoms with E-state index in [1.165, 1.54) is 6.33 Å². The lowest BCUT2D eigenvalue weighted by Crippen LogP contribution is -2.36. The Kier molecular flexibility index (Phi) is 38.3. The molecule has 1 aromatic rings. The van der Waals surface area contributed by atoms with Gasteiger partial charge in [-0.2, -0.15) is 0 Å². The van der Waals surface area contributed by atoms with Crippen molar-refractivity contribution in [3.63, 3.8) is 0 Å². The Bertz CT molecular complexity index is 1100. The van der Waals surface area contributed by atoms with Crippen molar-refractivity contribution in [1.29, 1.82) is 5.41 Å². The van der Waals surface area contributed by atoms with Gasteiger partial charge in [0.2, 0.25) is 0 Å². The molecule has 6 unspecified atom stereocenters. The molecule has 0 aromatic carbocycles. The Labute approximate surface area is 304 Å². The van der Waals surface area contributed by atoms with E-state index < -0.39 is 60.1 Å². The van der Waals surface area contributed by atoms with Gasteiger partial charge in [-0.05, 0) is 50.5 Å². The summed E-state index contributed by atoms with van der Waals surface area (Å²) in [6.07, 6.45) is 7.88. The number of imidazole rings is 1. The molecule has 0 aliphatic carbocycles. The normalized spacial score (nSPS) is 13.3. The van der Waals surface area contributed by atoms with Gasteiger partial charge in [0.1, 0.15) is 30.2 Å². The summed E-state index contributed by atoms with van der Waals surface area (Å²) in [6, 6.07) is -3.79. The van der Waals surface area contributed by atoms with Crippen LogP contribution in [-0.4, -0.2) is 115 Å². The van der Waals surface area contributed by atoms with E-state index in [-0.39, 0.29) is 24.4 Å². The molecule has 0 saturated heterocycles. The van der Waals surface area contributed by atoms with Crippen LogP contribution >= 0.6 is 0 Å². The van der Waals surface area contributed by atoms with Gasteiger partial charge in [-0.1, -0.05) is 40.5 Å². The van der Waals surface area contributed by atoms with Crippen LogP contribution in [0.5, 0.6) is 0 Å². The van der Waals surface area contributed by atoms with Crippen LogP contribution in [0.2, 0.25) is 0 Å². The summed E-state index contributed by atoms with van der Waals surface area (Å²) in [6.45, 7) is 8.74. The third-order valence-corrected chi connectivity index (χ3v) is 6.50. The molecule has 0 spiro atoms. The molecule has 0 bridgehead atoms. The quantitative estimate of drug-likeness (QED) is 0.0438. The fraction of sp³-hybridized carbons (Fsp3) is 0.700. The first-order valence-electron chi connectivity index (χ1n) is 16.2. The van der Waals surface area contributed by atoms with Crippen LogP contribution in [0.1, 0.15) is 78.3 Å². The van der Waals surface area contributed by atoms with Crippen molar-refractivity contribution in [2.24, 2.45) is 52.0 Å². The zero-order chi connectivity index (χ0) is 40.7. The van der Waals surface area contributed by atoms with Gasteiger partial charge >= 0.3 is 29.8 Å². The molecule has 52 heavy (non-hydrogen) atoms. The number of nitrogens with two attached hydrogens (primary N) is 7. The van der Waals surface area contributed by atoms with Crippen molar-refractivity contribution >= 4 is 35.8 Å². The number of carbonyl (C=O) groups is 5. The zero-order valence-corrected chi connectivity index (χ0v) is 30.7. The topological polar surface area (TPSA) is 468 Å². The van der Waals surface area contributed by atoms with Crippen molar-refractivity contribution in [2.75, 3.05) is 13.1 Å². The smallest absolute Gasteiger partial charge is 0.320 e. The highest BCUT2D eigenvalue weighted by atomic mass is 16.4. The number of aromatic nitrogens is 2. The number of aromatic amines is 1. The molecule has 1 aromatic heterocycles. The van der Waals surface area contributed by atoms with Gasteiger partial charge in [0.15, 0.2) is 5.96 Å². The molecule has 6 atom stereocenters. The summed E-state index contributed by atoms with van der Waals surface area (Å²) in [7, 11) is 0. The van der Waals surface area contributed by atoms with Crippen LogP contribution in [0, 0.1) is 17.2 Å². The predicted molar refractivity (Wildman–Crippen MR) is 196 cm³/mol. The largest absolute Gasteiger partial charge is 0.480 e. The molecule has 1 heterocycles. The average molecular weight is 755 g/mol. The van der Waals surface area contributed by atoms with Crippen molar-refractivity contribution in [3.05, 3.63) is 18.2 Å².